The molecule has 0 radical (unpaired) electrons. The van der Waals surface area contributed by atoms with Crippen LogP contribution in [0.1, 0.15) is 19.8 Å². The molecule has 0 bridgehead atoms. The second-order valence-electron chi connectivity index (χ2n) is 3.96. The molecule has 0 fully saturated rings. The van der Waals surface area contributed by atoms with E-state index in [0.717, 1.165) is 6.42 Å². The van der Waals surface area contributed by atoms with Crippen molar-refractivity contribution in [1.82, 2.24) is 9.97 Å². The molecule has 0 spiro atoms. The van der Waals surface area contributed by atoms with E-state index in [2.05, 4.69) is 15.3 Å². The molecule has 0 aliphatic carbocycles. The molecule has 1 rings (SSSR count). The highest BCUT2D eigenvalue weighted by Gasteiger charge is 2.16. The van der Waals surface area contributed by atoms with Gasteiger partial charge in [0.15, 0.2) is 0 Å². The number of carboxylic acids is 1. The average molecular weight is 238 g/mol. The number of nitrogens with one attached hydrogen (secondary N) is 1. The Kier molecular flexibility index (Phi) is 4.68. The van der Waals surface area contributed by atoms with Crippen LogP contribution in [0, 0.1) is 0 Å². The van der Waals surface area contributed by atoms with Crippen LogP contribution >= 0.6 is 0 Å². The Balaban J connectivity index is 2.78. The lowest BCUT2D eigenvalue weighted by Gasteiger charge is -2.16. The van der Waals surface area contributed by atoms with Crippen LogP contribution in [0.3, 0.4) is 0 Å². The molecule has 6 heteroatoms. The Labute approximate surface area is 101 Å². The van der Waals surface area contributed by atoms with Gasteiger partial charge in [-0.05, 0) is 12.5 Å². The Hall–Kier alpha value is -1.85. The van der Waals surface area contributed by atoms with Gasteiger partial charge in [0.25, 0.3) is 0 Å². The van der Waals surface area contributed by atoms with Gasteiger partial charge in [0.1, 0.15) is 11.9 Å². The van der Waals surface area contributed by atoms with Crippen LogP contribution in [-0.4, -0.2) is 41.2 Å². The monoisotopic (exact) mass is 238 g/mol. The number of hydrogen-bond acceptors (Lipinski definition) is 5. The smallest absolute Gasteiger partial charge is 0.326 e. The van der Waals surface area contributed by atoms with E-state index in [1.165, 1.54) is 0 Å². The zero-order chi connectivity index (χ0) is 12.8. The van der Waals surface area contributed by atoms with Crippen molar-refractivity contribution in [1.29, 1.82) is 0 Å². The molecule has 1 aromatic heterocycles. The van der Waals surface area contributed by atoms with Crippen molar-refractivity contribution in [3.8, 4) is 0 Å². The maximum absolute atomic E-state index is 11.0. The number of carbonyl (C=O) groups is 1. The van der Waals surface area contributed by atoms with Crippen LogP contribution in [0.15, 0.2) is 12.3 Å². The number of aromatic nitrogens is 2. The van der Waals surface area contributed by atoms with E-state index in [-0.39, 0.29) is 0 Å². The Morgan fingerprint density at radius 2 is 2.29 bits per heavy atom. The predicted octanol–water partition coefficient (Wildman–Crippen LogP) is 1.21. The summed E-state index contributed by atoms with van der Waals surface area (Å²) < 4.78 is 0. The second-order valence-corrected chi connectivity index (χ2v) is 3.96. The van der Waals surface area contributed by atoms with Crippen molar-refractivity contribution in [2.45, 2.75) is 25.8 Å². The van der Waals surface area contributed by atoms with Crippen molar-refractivity contribution in [2.75, 3.05) is 24.3 Å². The second kappa shape index (κ2) is 6.03. The lowest BCUT2D eigenvalue weighted by molar-refractivity contribution is -0.138. The van der Waals surface area contributed by atoms with Crippen LogP contribution < -0.4 is 10.2 Å². The first kappa shape index (κ1) is 13.2. The molecule has 6 nitrogen and oxygen atoms in total. The molecule has 2 N–H and O–H groups in total. The first-order valence-corrected chi connectivity index (χ1v) is 5.54. The summed E-state index contributed by atoms with van der Waals surface area (Å²) in [5.41, 5.74) is 0. The van der Waals surface area contributed by atoms with Gasteiger partial charge < -0.3 is 15.3 Å². The lowest BCUT2D eigenvalue weighted by Crippen LogP contribution is -2.29. The van der Waals surface area contributed by atoms with Gasteiger partial charge in [0, 0.05) is 20.3 Å². The van der Waals surface area contributed by atoms with Gasteiger partial charge in [0.05, 0.1) is 0 Å². The third-order valence-corrected chi connectivity index (χ3v) is 2.24. The van der Waals surface area contributed by atoms with Crippen LogP contribution in [0.2, 0.25) is 0 Å². The molecular formula is C11H18N4O2. The molecule has 1 unspecified atom stereocenters. The number of carboxylic acid groups (broad SMARTS) is 1. The number of aliphatic carboxylic acids is 1. The largest absolute Gasteiger partial charge is 0.480 e. The van der Waals surface area contributed by atoms with Gasteiger partial charge in [-0.2, -0.15) is 4.98 Å². The summed E-state index contributed by atoms with van der Waals surface area (Å²) in [4.78, 5) is 21.0. The first-order chi connectivity index (χ1) is 8.04. The highest BCUT2D eigenvalue weighted by Crippen LogP contribution is 2.11. The summed E-state index contributed by atoms with van der Waals surface area (Å²) in [7, 11) is 3.67. The van der Waals surface area contributed by atoms with Gasteiger partial charge in [-0.3, -0.25) is 0 Å². The van der Waals surface area contributed by atoms with Crippen molar-refractivity contribution >= 4 is 17.7 Å². The lowest BCUT2D eigenvalue weighted by atomic mass is 10.2. The van der Waals surface area contributed by atoms with E-state index in [4.69, 9.17) is 5.11 Å². The van der Waals surface area contributed by atoms with E-state index in [9.17, 15) is 4.79 Å². The molecule has 0 aliphatic heterocycles. The van der Waals surface area contributed by atoms with Crippen LogP contribution in [-0.2, 0) is 4.79 Å². The molecule has 1 atom stereocenters. The molecule has 0 aliphatic rings. The highest BCUT2D eigenvalue weighted by atomic mass is 16.4. The van der Waals surface area contributed by atoms with Gasteiger partial charge in [-0.1, -0.05) is 13.3 Å². The van der Waals surface area contributed by atoms with E-state index in [0.29, 0.717) is 18.2 Å². The maximum Gasteiger partial charge on any atom is 0.326 e. The maximum atomic E-state index is 11.0. The van der Waals surface area contributed by atoms with Crippen molar-refractivity contribution in [3.63, 3.8) is 0 Å². The quantitative estimate of drug-likeness (QED) is 0.775. The van der Waals surface area contributed by atoms with Gasteiger partial charge in [-0.15, -0.1) is 0 Å². The van der Waals surface area contributed by atoms with E-state index in [1.54, 1.807) is 17.2 Å². The summed E-state index contributed by atoms with van der Waals surface area (Å²) in [6, 6.07) is 1.06. The van der Waals surface area contributed by atoms with Crippen molar-refractivity contribution in [2.24, 2.45) is 0 Å². The molecule has 0 amide bonds. The molecule has 17 heavy (non-hydrogen) atoms. The summed E-state index contributed by atoms with van der Waals surface area (Å²) in [5, 5.41) is 11.9. The summed E-state index contributed by atoms with van der Waals surface area (Å²) >= 11 is 0. The Morgan fingerprint density at radius 1 is 1.59 bits per heavy atom. The summed E-state index contributed by atoms with van der Waals surface area (Å²) in [6.07, 6.45) is 2.97. The number of hydrogen-bond donors (Lipinski definition) is 2. The number of nitrogens with zero attached hydrogens (tertiary/aromatic N) is 3. The fraction of sp³-hybridized carbons (Fsp3) is 0.545. The minimum atomic E-state index is -0.864. The van der Waals surface area contributed by atoms with Gasteiger partial charge in [0.2, 0.25) is 5.95 Å². The average Bonchev–Trinajstić information content (AvgIpc) is 2.28. The third-order valence-electron chi connectivity index (χ3n) is 2.24. The molecule has 0 aromatic carbocycles. The first-order valence-electron chi connectivity index (χ1n) is 5.54. The summed E-state index contributed by atoms with van der Waals surface area (Å²) in [5.74, 6) is 0.219. The van der Waals surface area contributed by atoms with E-state index < -0.39 is 12.0 Å². The van der Waals surface area contributed by atoms with Crippen molar-refractivity contribution < 1.29 is 9.90 Å². The SMILES string of the molecule is CCCC(Nc1ccnc(N(C)C)n1)C(=O)O. The molecule has 0 saturated carbocycles. The fourth-order valence-electron chi connectivity index (χ4n) is 1.37. The zero-order valence-corrected chi connectivity index (χ0v) is 10.3. The number of anilines is 2. The fourth-order valence-corrected chi connectivity index (χ4v) is 1.37. The topological polar surface area (TPSA) is 78.4 Å². The predicted molar refractivity (Wildman–Crippen MR) is 66.3 cm³/mol. The van der Waals surface area contributed by atoms with Gasteiger partial charge >= 0.3 is 5.97 Å². The highest BCUT2D eigenvalue weighted by molar-refractivity contribution is 5.76. The van der Waals surface area contributed by atoms with E-state index in [1.807, 2.05) is 21.0 Å². The summed E-state index contributed by atoms with van der Waals surface area (Å²) in [6.45, 7) is 1.95. The normalized spacial score (nSPS) is 11.9. The van der Waals surface area contributed by atoms with Crippen LogP contribution in [0.5, 0.6) is 0 Å². The molecule has 0 saturated heterocycles. The van der Waals surface area contributed by atoms with Gasteiger partial charge in [-0.25, -0.2) is 9.78 Å². The van der Waals surface area contributed by atoms with Crippen LogP contribution in [0.25, 0.3) is 0 Å². The number of rotatable bonds is 6. The molecule has 94 valence electrons. The third kappa shape index (κ3) is 3.90. The molecule has 1 heterocycles. The molecule has 1 aromatic rings. The minimum Gasteiger partial charge on any atom is -0.480 e. The Morgan fingerprint density at radius 3 is 2.82 bits per heavy atom. The zero-order valence-electron chi connectivity index (χ0n) is 10.3. The minimum absolute atomic E-state index is 0.532. The van der Waals surface area contributed by atoms with Crippen LogP contribution in [0.4, 0.5) is 11.8 Å². The van der Waals surface area contributed by atoms with E-state index >= 15 is 0 Å². The van der Waals surface area contributed by atoms with Crippen molar-refractivity contribution in [3.05, 3.63) is 12.3 Å². The molecular weight excluding hydrogens is 220 g/mol. The Bertz CT molecular complexity index is 381. The standard InChI is InChI=1S/C11H18N4O2/c1-4-5-8(10(16)17)13-9-6-7-12-11(14-9)15(2)3/h6-8H,4-5H2,1-3H3,(H,16,17)(H,12,13,14).